The lowest BCUT2D eigenvalue weighted by molar-refractivity contribution is 0.359. The molecule has 1 rings (SSSR count). The highest BCUT2D eigenvalue weighted by Gasteiger charge is 2.00. The van der Waals surface area contributed by atoms with Crippen LogP contribution in [0.15, 0.2) is 30.9 Å². The third-order valence-electron chi connectivity index (χ3n) is 1.58. The standard InChI is InChI=1S/C10H13NO2.C2H6/c1-3-6-13-10-7-8(12-2)4-5-9(10)11;1-2/h3-5,7H,1,6,11H2,2H3;1-2H3. The van der Waals surface area contributed by atoms with Crippen LogP contribution in [0.3, 0.4) is 0 Å². The molecule has 2 N–H and O–H groups in total. The van der Waals surface area contributed by atoms with E-state index >= 15 is 0 Å². The fraction of sp³-hybridized carbons (Fsp3) is 0.333. The van der Waals surface area contributed by atoms with Gasteiger partial charge < -0.3 is 15.2 Å². The summed E-state index contributed by atoms with van der Waals surface area (Å²) < 4.78 is 10.3. The van der Waals surface area contributed by atoms with Crippen LogP contribution < -0.4 is 15.2 Å². The molecular weight excluding hydrogens is 190 g/mol. The molecule has 0 unspecified atom stereocenters. The van der Waals surface area contributed by atoms with Crippen molar-refractivity contribution >= 4 is 5.69 Å². The smallest absolute Gasteiger partial charge is 0.146 e. The number of hydrogen-bond acceptors (Lipinski definition) is 3. The first kappa shape index (κ1) is 13.4. The highest BCUT2D eigenvalue weighted by molar-refractivity contribution is 5.55. The van der Waals surface area contributed by atoms with Gasteiger partial charge in [0.25, 0.3) is 0 Å². The molecule has 0 atom stereocenters. The van der Waals surface area contributed by atoms with Crippen molar-refractivity contribution in [2.75, 3.05) is 19.5 Å². The first-order valence-corrected chi connectivity index (χ1v) is 4.95. The maximum atomic E-state index is 5.67. The van der Waals surface area contributed by atoms with Crippen molar-refractivity contribution in [3.8, 4) is 11.5 Å². The van der Waals surface area contributed by atoms with E-state index in [0.717, 1.165) is 5.75 Å². The number of hydrogen-bond donors (Lipinski definition) is 1. The first-order chi connectivity index (χ1) is 7.27. The zero-order chi connectivity index (χ0) is 11.7. The van der Waals surface area contributed by atoms with Gasteiger partial charge in [-0.05, 0) is 12.1 Å². The van der Waals surface area contributed by atoms with Gasteiger partial charge >= 0.3 is 0 Å². The van der Waals surface area contributed by atoms with Gasteiger partial charge in [0, 0.05) is 6.07 Å². The molecule has 0 aliphatic carbocycles. The Labute approximate surface area is 91.5 Å². The van der Waals surface area contributed by atoms with Crippen LogP contribution in [-0.4, -0.2) is 13.7 Å². The fourth-order valence-corrected chi connectivity index (χ4v) is 0.915. The van der Waals surface area contributed by atoms with Gasteiger partial charge in [-0.3, -0.25) is 0 Å². The normalized spacial score (nSPS) is 8.47. The number of rotatable bonds is 4. The molecule has 0 heterocycles. The molecule has 0 amide bonds. The van der Waals surface area contributed by atoms with Crippen molar-refractivity contribution in [3.63, 3.8) is 0 Å². The molecular formula is C12H19NO2. The summed E-state index contributed by atoms with van der Waals surface area (Å²) >= 11 is 0. The lowest BCUT2D eigenvalue weighted by Crippen LogP contribution is -1.97. The van der Waals surface area contributed by atoms with Crippen molar-refractivity contribution in [2.24, 2.45) is 0 Å². The predicted octanol–water partition coefficient (Wildman–Crippen LogP) is 2.87. The Bertz CT molecular complexity index is 298. The van der Waals surface area contributed by atoms with Crippen molar-refractivity contribution in [2.45, 2.75) is 13.8 Å². The van der Waals surface area contributed by atoms with Gasteiger partial charge in [0.1, 0.15) is 18.1 Å². The number of nitrogens with two attached hydrogens (primary N) is 1. The maximum absolute atomic E-state index is 5.67. The summed E-state index contributed by atoms with van der Waals surface area (Å²) in [6.45, 7) is 7.99. The minimum absolute atomic E-state index is 0.442. The molecule has 0 radical (unpaired) electrons. The third-order valence-corrected chi connectivity index (χ3v) is 1.58. The molecule has 0 saturated heterocycles. The lowest BCUT2D eigenvalue weighted by atomic mass is 10.3. The summed E-state index contributed by atoms with van der Waals surface area (Å²) in [6.07, 6.45) is 1.67. The van der Waals surface area contributed by atoms with Gasteiger partial charge in [-0.1, -0.05) is 26.5 Å². The van der Waals surface area contributed by atoms with E-state index < -0.39 is 0 Å². The van der Waals surface area contributed by atoms with E-state index in [4.69, 9.17) is 15.2 Å². The van der Waals surface area contributed by atoms with Crippen LogP contribution in [0.5, 0.6) is 11.5 Å². The third kappa shape index (κ3) is 4.40. The fourth-order valence-electron chi connectivity index (χ4n) is 0.915. The van der Waals surface area contributed by atoms with Crippen molar-refractivity contribution < 1.29 is 9.47 Å². The molecule has 0 fully saturated rings. The average molecular weight is 209 g/mol. The summed E-state index contributed by atoms with van der Waals surface area (Å²) in [5.74, 6) is 1.35. The molecule has 84 valence electrons. The number of benzene rings is 1. The molecule has 0 aliphatic heterocycles. The van der Waals surface area contributed by atoms with E-state index in [2.05, 4.69) is 6.58 Å². The second-order valence-corrected chi connectivity index (χ2v) is 2.50. The summed E-state index contributed by atoms with van der Waals surface area (Å²) in [5.41, 5.74) is 6.27. The molecule has 0 saturated carbocycles. The van der Waals surface area contributed by atoms with Gasteiger partial charge in [0.05, 0.1) is 12.8 Å². The highest BCUT2D eigenvalue weighted by Crippen LogP contribution is 2.26. The predicted molar refractivity (Wildman–Crippen MR) is 64.4 cm³/mol. The SMILES string of the molecule is C=CCOc1cc(OC)ccc1N.CC. The van der Waals surface area contributed by atoms with Gasteiger partial charge in [-0.15, -0.1) is 0 Å². The Kier molecular flexibility index (Phi) is 6.89. The van der Waals surface area contributed by atoms with E-state index in [0.29, 0.717) is 18.0 Å². The molecule has 0 spiro atoms. The largest absolute Gasteiger partial charge is 0.497 e. The zero-order valence-corrected chi connectivity index (χ0v) is 9.62. The van der Waals surface area contributed by atoms with Crippen LogP contribution >= 0.6 is 0 Å². The topological polar surface area (TPSA) is 44.5 Å². The van der Waals surface area contributed by atoms with Crippen LogP contribution in [0.1, 0.15) is 13.8 Å². The summed E-state index contributed by atoms with van der Waals surface area (Å²) in [5, 5.41) is 0. The van der Waals surface area contributed by atoms with Crippen LogP contribution in [-0.2, 0) is 0 Å². The van der Waals surface area contributed by atoms with E-state index in [9.17, 15) is 0 Å². The molecule has 1 aromatic rings. The highest BCUT2D eigenvalue weighted by atomic mass is 16.5. The van der Waals surface area contributed by atoms with Crippen molar-refractivity contribution in [1.29, 1.82) is 0 Å². The van der Waals surface area contributed by atoms with Gasteiger partial charge in [0.2, 0.25) is 0 Å². The molecule has 0 aliphatic rings. The summed E-state index contributed by atoms with van der Waals surface area (Å²) in [7, 11) is 1.60. The van der Waals surface area contributed by atoms with E-state index in [1.807, 2.05) is 13.8 Å². The number of anilines is 1. The van der Waals surface area contributed by atoms with Crippen molar-refractivity contribution in [1.82, 2.24) is 0 Å². The van der Waals surface area contributed by atoms with E-state index in [1.165, 1.54) is 0 Å². The number of methoxy groups -OCH3 is 1. The second kappa shape index (κ2) is 7.74. The van der Waals surface area contributed by atoms with E-state index in [1.54, 1.807) is 31.4 Å². The van der Waals surface area contributed by atoms with Crippen LogP contribution in [0.4, 0.5) is 5.69 Å². The molecule has 1 aromatic carbocycles. The lowest BCUT2D eigenvalue weighted by Gasteiger charge is -2.08. The zero-order valence-electron chi connectivity index (χ0n) is 9.62. The molecule has 3 nitrogen and oxygen atoms in total. The second-order valence-electron chi connectivity index (χ2n) is 2.50. The maximum Gasteiger partial charge on any atom is 0.146 e. The van der Waals surface area contributed by atoms with Gasteiger partial charge in [-0.2, -0.15) is 0 Å². The Balaban J connectivity index is 0.000000921. The Morgan fingerprint density at radius 2 is 2.07 bits per heavy atom. The van der Waals surface area contributed by atoms with E-state index in [-0.39, 0.29) is 0 Å². The Morgan fingerprint density at radius 3 is 2.60 bits per heavy atom. The van der Waals surface area contributed by atoms with Crippen molar-refractivity contribution in [3.05, 3.63) is 30.9 Å². The summed E-state index contributed by atoms with van der Waals surface area (Å²) in [4.78, 5) is 0. The Hall–Kier alpha value is -1.64. The monoisotopic (exact) mass is 209 g/mol. The molecule has 0 aromatic heterocycles. The summed E-state index contributed by atoms with van der Waals surface area (Å²) in [6, 6.07) is 5.28. The average Bonchev–Trinajstić information content (AvgIpc) is 2.31. The van der Waals surface area contributed by atoms with Gasteiger partial charge in [-0.25, -0.2) is 0 Å². The quantitative estimate of drug-likeness (QED) is 0.612. The van der Waals surface area contributed by atoms with Crippen LogP contribution in [0, 0.1) is 0 Å². The first-order valence-electron chi connectivity index (χ1n) is 4.95. The number of nitrogen functional groups attached to an aromatic ring is 1. The Morgan fingerprint density at radius 1 is 1.40 bits per heavy atom. The molecule has 3 heteroatoms. The molecule has 15 heavy (non-hydrogen) atoms. The van der Waals surface area contributed by atoms with Crippen LogP contribution in [0.2, 0.25) is 0 Å². The van der Waals surface area contributed by atoms with Crippen LogP contribution in [0.25, 0.3) is 0 Å². The molecule has 0 bridgehead atoms. The number of ether oxygens (including phenoxy) is 2. The minimum Gasteiger partial charge on any atom is -0.497 e. The minimum atomic E-state index is 0.442. The van der Waals surface area contributed by atoms with Gasteiger partial charge in [0.15, 0.2) is 0 Å².